The number of anilines is 1. The molecule has 1 saturated heterocycles. The van der Waals surface area contributed by atoms with E-state index >= 15 is 0 Å². The molecule has 1 aromatic carbocycles. The molecule has 104 valence electrons. The van der Waals surface area contributed by atoms with Crippen LogP contribution in [0, 0.1) is 6.92 Å². The zero-order chi connectivity index (χ0) is 14.0. The lowest BCUT2D eigenvalue weighted by molar-refractivity contribution is -0.121. The average molecular weight is 281 g/mol. The summed E-state index contributed by atoms with van der Waals surface area (Å²) in [6.45, 7) is 6.87. The van der Waals surface area contributed by atoms with E-state index in [0.717, 1.165) is 30.6 Å². The van der Waals surface area contributed by atoms with Crippen LogP contribution in [0.4, 0.5) is 5.69 Å². The molecule has 1 aliphatic heterocycles. The fourth-order valence-electron chi connectivity index (χ4n) is 2.56. The third kappa shape index (κ3) is 3.10. The highest BCUT2D eigenvalue weighted by Gasteiger charge is 2.30. The summed E-state index contributed by atoms with van der Waals surface area (Å²) in [6, 6.07) is 5.97. The predicted molar refractivity (Wildman–Crippen MR) is 79.8 cm³/mol. The number of amides is 1. The Bertz CT molecular complexity index is 473. The van der Waals surface area contributed by atoms with Crippen molar-refractivity contribution in [2.45, 2.75) is 45.7 Å². The molecule has 1 heterocycles. The molecule has 1 amide bonds. The van der Waals surface area contributed by atoms with Gasteiger partial charge in [-0.3, -0.25) is 4.79 Å². The lowest BCUT2D eigenvalue weighted by Gasteiger charge is -2.34. The van der Waals surface area contributed by atoms with Gasteiger partial charge in [0.05, 0.1) is 6.04 Å². The van der Waals surface area contributed by atoms with E-state index in [1.807, 2.05) is 30.0 Å². The van der Waals surface area contributed by atoms with Crippen molar-refractivity contribution in [1.82, 2.24) is 5.32 Å². The summed E-state index contributed by atoms with van der Waals surface area (Å²) in [5, 5.41) is 4.05. The molecule has 1 atom stereocenters. The van der Waals surface area contributed by atoms with E-state index in [4.69, 9.17) is 11.6 Å². The van der Waals surface area contributed by atoms with Crippen LogP contribution in [0.25, 0.3) is 0 Å². The third-order valence-electron chi connectivity index (χ3n) is 3.50. The largest absolute Gasteiger partial charge is 0.311 e. The minimum Gasteiger partial charge on any atom is -0.311 e. The number of nitrogens with one attached hydrogen (secondary N) is 1. The molecule has 0 radical (unpaired) electrons. The van der Waals surface area contributed by atoms with Crippen molar-refractivity contribution < 1.29 is 4.79 Å². The number of hydrogen-bond donors (Lipinski definition) is 1. The maximum Gasteiger partial charge on any atom is 0.244 e. The first-order chi connectivity index (χ1) is 9.00. The lowest BCUT2D eigenvalue weighted by atomic mass is 10.0. The molecule has 1 aliphatic rings. The van der Waals surface area contributed by atoms with E-state index in [1.54, 1.807) is 0 Å². The summed E-state index contributed by atoms with van der Waals surface area (Å²) in [5.41, 5.74) is 1.91. The molecule has 0 aromatic heterocycles. The Morgan fingerprint density at radius 3 is 2.84 bits per heavy atom. The third-order valence-corrected chi connectivity index (χ3v) is 3.91. The van der Waals surface area contributed by atoms with Gasteiger partial charge in [0.1, 0.15) is 0 Å². The first-order valence-corrected chi connectivity index (χ1v) is 7.21. The van der Waals surface area contributed by atoms with E-state index < -0.39 is 0 Å². The van der Waals surface area contributed by atoms with Crippen LogP contribution < -0.4 is 10.2 Å². The van der Waals surface area contributed by atoms with Gasteiger partial charge in [-0.1, -0.05) is 31.5 Å². The van der Waals surface area contributed by atoms with Crippen LogP contribution in [0.2, 0.25) is 5.02 Å². The number of halogens is 1. The highest BCUT2D eigenvalue weighted by Crippen LogP contribution is 2.29. The molecule has 2 rings (SSSR count). The van der Waals surface area contributed by atoms with E-state index in [-0.39, 0.29) is 11.9 Å². The maximum atomic E-state index is 12.5. The van der Waals surface area contributed by atoms with Crippen LogP contribution in [0.1, 0.15) is 32.3 Å². The summed E-state index contributed by atoms with van der Waals surface area (Å²) < 4.78 is 0. The monoisotopic (exact) mass is 280 g/mol. The second-order valence-corrected chi connectivity index (χ2v) is 5.80. The standard InChI is InChI=1S/C15H21ClN2O/c1-10(2)17-13-7-5-9-18(15(13)19)14-8-4-6-12(16)11(14)3/h4,6,8,10,13,17H,5,7,9H2,1-3H3. The van der Waals surface area contributed by atoms with E-state index in [0.29, 0.717) is 11.1 Å². The smallest absolute Gasteiger partial charge is 0.244 e. The summed E-state index contributed by atoms with van der Waals surface area (Å²) in [5.74, 6) is 0.158. The number of rotatable bonds is 3. The Hall–Kier alpha value is -1.06. The van der Waals surface area contributed by atoms with Gasteiger partial charge in [-0.15, -0.1) is 0 Å². The Morgan fingerprint density at radius 1 is 1.42 bits per heavy atom. The van der Waals surface area contributed by atoms with Crippen molar-refractivity contribution in [3.63, 3.8) is 0 Å². The molecule has 4 heteroatoms. The zero-order valence-electron chi connectivity index (χ0n) is 11.7. The van der Waals surface area contributed by atoms with Crippen molar-refractivity contribution in [2.75, 3.05) is 11.4 Å². The van der Waals surface area contributed by atoms with Crippen LogP contribution in [-0.4, -0.2) is 24.5 Å². The molecule has 0 spiro atoms. The minimum atomic E-state index is -0.0767. The summed E-state index contributed by atoms with van der Waals surface area (Å²) >= 11 is 6.15. The Morgan fingerprint density at radius 2 is 2.16 bits per heavy atom. The van der Waals surface area contributed by atoms with E-state index in [2.05, 4.69) is 19.2 Å². The summed E-state index contributed by atoms with van der Waals surface area (Å²) in [6.07, 6.45) is 1.93. The molecule has 0 bridgehead atoms. The van der Waals surface area contributed by atoms with Crippen molar-refractivity contribution in [2.24, 2.45) is 0 Å². The Labute approximate surface area is 119 Å². The fraction of sp³-hybridized carbons (Fsp3) is 0.533. The number of benzene rings is 1. The van der Waals surface area contributed by atoms with Crippen LogP contribution in [0.3, 0.4) is 0 Å². The van der Waals surface area contributed by atoms with Gasteiger partial charge in [0.2, 0.25) is 5.91 Å². The maximum absolute atomic E-state index is 12.5. The van der Waals surface area contributed by atoms with Crippen molar-refractivity contribution in [3.8, 4) is 0 Å². The summed E-state index contributed by atoms with van der Waals surface area (Å²) in [7, 11) is 0. The number of carbonyl (C=O) groups excluding carboxylic acids is 1. The van der Waals surface area contributed by atoms with Crippen LogP contribution in [0.5, 0.6) is 0 Å². The molecule has 1 N–H and O–H groups in total. The van der Waals surface area contributed by atoms with Crippen molar-refractivity contribution in [1.29, 1.82) is 0 Å². The first-order valence-electron chi connectivity index (χ1n) is 6.83. The molecular formula is C15H21ClN2O. The van der Waals surface area contributed by atoms with Crippen LogP contribution in [-0.2, 0) is 4.79 Å². The number of carbonyl (C=O) groups is 1. The molecule has 3 nitrogen and oxygen atoms in total. The highest BCUT2D eigenvalue weighted by atomic mass is 35.5. The molecule has 1 unspecified atom stereocenters. The minimum absolute atomic E-state index is 0.0767. The highest BCUT2D eigenvalue weighted by molar-refractivity contribution is 6.31. The topological polar surface area (TPSA) is 32.3 Å². The quantitative estimate of drug-likeness (QED) is 0.922. The van der Waals surface area contributed by atoms with E-state index in [9.17, 15) is 4.79 Å². The molecule has 0 aliphatic carbocycles. The average Bonchev–Trinajstić information content (AvgIpc) is 2.35. The summed E-state index contributed by atoms with van der Waals surface area (Å²) in [4.78, 5) is 14.4. The fourth-order valence-corrected chi connectivity index (χ4v) is 2.73. The lowest BCUT2D eigenvalue weighted by Crippen LogP contribution is -2.52. The van der Waals surface area contributed by atoms with Gasteiger partial charge in [0.25, 0.3) is 0 Å². The molecule has 19 heavy (non-hydrogen) atoms. The van der Waals surface area contributed by atoms with Gasteiger partial charge < -0.3 is 10.2 Å². The molecular weight excluding hydrogens is 260 g/mol. The van der Waals surface area contributed by atoms with Gasteiger partial charge in [-0.2, -0.15) is 0 Å². The van der Waals surface area contributed by atoms with E-state index in [1.165, 1.54) is 0 Å². The Kier molecular flexibility index (Phi) is 4.48. The SMILES string of the molecule is Cc1c(Cl)cccc1N1CCCC(NC(C)C)C1=O. The normalized spacial score (nSPS) is 20.2. The second-order valence-electron chi connectivity index (χ2n) is 5.39. The molecule has 0 saturated carbocycles. The zero-order valence-corrected chi connectivity index (χ0v) is 12.5. The predicted octanol–water partition coefficient (Wildman–Crippen LogP) is 3.14. The van der Waals surface area contributed by atoms with Gasteiger partial charge in [0, 0.05) is 23.3 Å². The molecule has 1 aromatic rings. The van der Waals surface area contributed by atoms with Gasteiger partial charge in [0.15, 0.2) is 0 Å². The number of nitrogens with zero attached hydrogens (tertiary/aromatic N) is 1. The van der Waals surface area contributed by atoms with Gasteiger partial charge in [-0.25, -0.2) is 0 Å². The van der Waals surface area contributed by atoms with Crippen molar-refractivity contribution in [3.05, 3.63) is 28.8 Å². The van der Waals surface area contributed by atoms with Crippen LogP contribution in [0.15, 0.2) is 18.2 Å². The van der Waals surface area contributed by atoms with Crippen molar-refractivity contribution >= 4 is 23.2 Å². The van der Waals surface area contributed by atoms with Crippen LogP contribution >= 0.6 is 11.6 Å². The van der Waals surface area contributed by atoms with Gasteiger partial charge >= 0.3 is 0 Å². The second kappa shape index (κ2) is 5.93. The number of hydrogen-bond acceptors (Lipinski definition) is 2. The van der Waals surface area contributed by atoms with Gasteiger partial charge in [-0.05, 0) is 37.5 Å². The number of piperidine rings is 1. The molecule has 1 fully saturated rings. The first kappa shape index (κ1) is 14.4. The Balaban J connectivity index is 2.24.